The first-order valence-corrected chi connectivity index (χ1v) is 9.20. The predicted octanol–water partition coefficient (Wildman–Crippen LogP) is 2.19. The lowest BCUT2D eigenvalue weighted by atomic mass is 9.72. The van der Waals surface area contributed by atoms with Crippen LogP contribution in [-0.4, -0.2) is 46.7 Å². The van der Waals surface area contributed by atoms with E-state index in [4.69, 9.17) is 4.74 Å². The van der Waals surface area contributed by atoms with Crippen LogP contribution in [0.4, 0.5) is 0 Å². The highest BCUT2D eigenvalue weighted by molar-refractivity contribution is 5.77. The van der Waals surface area contributed by atoms with Gasteiger partial charge in [-0.25, -0.2) is 0 Å². The summed E-state index contributed by atoms with van der Waals surface area (Å²) in [5.41, 5.74) is 1.13. The van der Waals surface area contributed by atoms with Gasteiger partial charge in [0.1, 0.15) is 0 Å². The molecule has 1 N–H and O–H groups in total. The maximum atomic E-state index is 12.6. The lowest BCUT2D eigenvalue weighted by Crippen LogP contribution is -2.37. The number of H-pyrrole nitrogens is 1. The Balaban J connectivity index is 1.56. The van der Waals surface area contributed by atoms with Gasteiger partial charge < -0.3 is 9.64 Å². The van der Waals surface area contributed by atoms with Crippen LogP contribution >= 0.6 is 0 Å². The van der Waals surface area contributed by atoms with Crippen molar-refractivity contribution in [3.05, 3.63) is 30.1 Å². The number of nitrogens with zero attached hydrogens (tertiary/aromatic N) is 2. The molecule has 0 radical (unpaired) electrons. The van der Waals surface area contributed by atoms with E-state index in [0.717, 1.165) is 18.4 Å². The van der Waals surface area contributed by atoms with E-state index in [-0.39, 0.29) is 35.5 Å². The van der Waals surface area contributed by atoms with E-state index < -0.39 is 0 Å². The molecule has 1 aliphatic heterocycles. The molecule has 0 saturated carbocycles. The minimum atomic E-state index is -0.140. The van der Waals surface area contributed by atoms with Crippen LogP contribution in [0.3, 0.4) is 0 Å². The molecule has 2 heterocycles. The summed E-state index contributed by atoms with van der Waals surface area (Å²) in [6.45, 7) is 5.68. The number of amides is 1. The van der Waals surface area contributed by atoms with E-state index in [1.165, 1.54) is 0 Å². The van der Waals surface area contributed by atoms with Gasteiger partial charge in [0.2, 0.25) is 5.91 Å². The number of fused-ring (bicyclic) bond motifs is 1. The molecule has 3 rings (SSSR count). The zero-order valence-electron chi connectivity index (χ0n) is 15.0. The fourth-order valence-electron chi connectivity index (χ4n) is 4.11. The molecule has 6 heteroatoms. The molecule has 0 unspecified atom stereocenters. The molecule has 6 nitrogen and oxygen atoms in total. The van der Waals surface area contributed by atoms with Crippen molar-refractivity contribution in [2.45, 2.75) is 33.1 Å². The number of aryl methyl sites for hydroxylation is 1. The van der Waals surface area contributed by atoms with Crippen LogP contribution in [0, 0.1) is 23.7 Å². The summed E-state index contributed by atoms with van der Waals surface area (Å²) in [6.07, 6.45) is 10.2. The maximum absolute atomic E-state index is 12.6. The number of aromatic nitrogens is 2. The van der Waals surface area contributed by atoms with Crippen molar-refractivity contribution in [2.75, 3.05) is 19.7 Å². The minimum absolute atomic E-state index is 0.122. The molecule has 4 atom stereocenters. The Labute approximate surface area is 148 Å². The minimum Gasteiger partial charge on any atom is -0.466 e. The maximum Gasteiger partial charge on any atom is 0.309 e. The largest absolute Gasteiger partial charge is 0.466 e. The lowest BCUT2D eigenvalue weighted by molar-refractivity contribution is -0.152. The lowest BCUT2D eigenvalue weighted by Gasteiger charge is -2.31. The van der Waals surface area contributed by atoms with Gasteiger partial charge in [-0.3, -0.25) is 14.7 Å². The number of nitrogens with one attached hydrogen (secondary N) is 1. The van der Waals surface area contributed by atoms with Gasteiger partial charge in [0.25, 0.3) is 0 Å². The number of likely N-dealkylation sites (tertiary alicyclic amines) is 1. The van der Waals surface area contributed by atoms with Crippen LogP contribution in [0.5, 0.6) is 0 Å². The summed E-state index contributed by atoms with van der Waals surface area (Å²) >= 11 is 0. The van der Waals surface area contributed by atoms with Crippen molar-refractivity contribution in [1.82, 2.24) is 15.1 Å². The van der Waals surface area contributed by atoms with Crippen LogP contribution in [-0.2, 0) is 20.7 Å². The summed E-state index contributed by atoms with van der Waals surface area (Å²) in [5, 5.41) is 6.71. The molecule has 1 aromatic rings. The third kappa shape index (κ3) is 3.94. The second kappa shape index (κ2) is 7.85. The highest BCUT2D eigenvalue weighted by atomic mass is 16.5. The van der Waals surface area contributed by atoms with Crippen LogP contribution in [0.15, 0.2) is 24.5 Å². The molecular formula is C19H27N3O3. The molecule has 0 spiro atoms. The summed E-state index contributed by atoms with van der Waals surface area (Å²) in [5.74, 6) is 0.528. The van der Waals surface area contributed by atoms with Crippen LogP contribution in [0.2, 0.25) is 0 Å². The quantitative estimate of drug-likeness (QED) is 0.633. The Morgan fingerprint density at radius 2 is 2.20 bits per heavy atom. The first-order valence-electron chi connectivity index (χ1n) is 9.20. The topological polar surface area (TPSA) is 75.3 Å². The average molecular weight is 345 g/mol. The number of carbonyl (C=O) groups excluding carboxylic acids is 2. The standard InChI is InChI=1S/C19H27N3O3/c1-3-25-19(24)18-13(2)7-8-15-11-22(12-16(15)18)17(23)6-4-5-14-9-20-21-10-14/h7-10,13,15-16,18H,3-6,11-12H2,1-2H3,(H,20,21)/t13-,15-,16-,18-/m0/s1. The zero-order chi connectivity index (χ0) is 17.8. The van der Waals surface area contributed by atoms with E-state index in [0.29, 0.717) is 26.1 Å². The number of allylic oxidation sites excluding steroid dienone is 1. The monoisotopic (exact) mass is 345 g/mol. The molecule has 2 aliphatic rings. The van der Waals surface area contributed by atoms with E-state index >= 15 is 0 Å². The molecule has 1 aromatic heterocycles. The van der Waals surface area contributed by atoms with Crippen LogP contribution in [0.25, 0.3) is 0 Å². The molecule has 0 bridgehead atoms. The average Bonchev–Trinajstić information content (AvgIpc) is 3.24. The van der Waals surface area contributed by atoms with Gasteiger partial charge in [0, 0.05) is 25.7 Å². The van der Waals surface area contributed by atoms with Crippen LogP contribution < -0.4 is 0 Å². The first-order chi connectivity index (χ1) is 12.1. The van der Waals surface area contributed by atoms with E-state index in [2.05, 4.69) is 29.3 Å². The highest BCUT2D eigenvalue weighted by Crippen LogP contribution is 2.40. The van der Waals surface area contributed by atoms with E-state index in [1.54, 1.807) is 6.20 Å². The third-order valence-electron chi connectivity index (χ3n) is 5.42. The number of esters is 1. The Bertz CT molecular complexity index is 626. The van der Waals surface area contributed by atoms with Gasteiger partial charge >= 0.3 is 5.97 Å². The van der Waals surface area contributed by atoms with Gasteiger partial charge in [-0.05, 0) is 43.1 Å². The second-order valence-electron chi connectivity index (χ2n) is 7.11. The van der Waals surface area contributed by atoms with Crippen molar-refractivity contribution in [3.63, 3.8) is 0 Å². The van der Waals surface area contributed by atoms with Gasteiger partial charge in [-0.2, -0.15) is 5.10 Å². The Morgan fingerprint density at radius 1 is 1.36 bits per heavy atom. The summed E-state index contributed by atoms with van der Waals surface area (Å²) in [4.78, 5) is 26.9. The molecule has 0 aromatic carbocycles. The Kier molecular flexibility index (Phi) is 5.56. The number of hydrogen-bond donors (Lipinski definition) is 1. The summed E-state index contributed by atoms with van der Waals surface area (Å²) in [6, 6.07) is 0. The summed E-state index contributed by atoms with van der Waals surface area (Å²) in [7, 11) is 0. The van der Waals surface area contributed by atoms with Gasteiger partial charge in [0.05, 0.1) is 18.7 Å². The van der Waals surface area contributed by atoms with E-state index in [1.807, 2.05) is 18.0 Å². The Hall–Kier alpha value is -2.11. The van der Waals surface area contributed by atoms with Gasteiger partial charge in [0.15, 0.2) is 0 Å². The van der Waals surface area contributed by atoms with Crippen molar-refractivity contribution in [2.24, 2.45) is 23.7 Å². The zero-order valence-corrected chi connectivity index (χ0v) is 15.0. The SMILES string of the molecule is CCOC(=O)[C@@H]1[C@H]2CN(C(=O)CCCc3cn[nH]c3)C[C@@H]2C=C[C@@H]1C. The second-order valence-corrected chi connectivity index (χ2v) is 7.11. The molecule has 1 aliphatic carbocycles. The smallest absolute Gasteiger partial charge is 0.309 e. The third-order valence-corrected chi connectivity index (χ3v) is 5.42. The molecule has 1 saturated heterocycles. The predicted molar refractivity (Wildman–Crippen MR) is 93.5 cm³/mol. The van der Waals surface area contributed by atoms with Crippen molar-refractivity contribution in [3.8, 4) is 0 Å². The number of rotatable bonds is 6. The molecule has 25 heavy (non-hydrogen) atoms. The number of aromatic amines is 1. The normalized spacial score (nSPS) is 28.0. The highest BCUT2D eigenvalue weighted by Gasteiger charge is 2.45. The fraction of sp³-hybridized carbons (Fsp3) is 0.632. The summed E-state index contributed by atoms with van der Waals surface area (Å²) < 4.78 is 5.28. The molecule has 1 amide bonds. The van der Waals surface area contributed by atoms with Crippen LogP contribution in [0.1, 0.15) is 32.3 Å². The van der Waals surface area contributed by atoms with Gasteiger partial charge in [-0.15, -0.1) is 0 Å². The Morgan fingerprint density at radius 3 is 2.92 bits per heavy atom. The van der Waals surface area contributed by atoms with Gasteiger partial charge in [-0.1, -0.05) is 19.1 Å². The van der Waals surface area contributed by atoms with Crippen molar-refractivity contribution < 1.29 is 14.3 Å². The van der Waals surface area contributed by atoms with Crippen molar-refractivity contribution >= 4 is 11.9 Å². The molecule has 1 fully saturated rings. The number of ether oxygens (including phenoxy) is 1. The molecule has 136 valence electrons. The van der Waals surface area contributed by atoms with E-state index in [9.17, 15) is 9.59 Å². The number of hydrogen-bond acceptors (Lipinski definition) is 4. The number of carbonyl (C=O) groups is 2. The fourth-order valence-corrected chi connectivity index (χ4v) is 4.11. The first kappa shape index (κ1) is 17.7. The molecular weight excluding hydrogens is 318 g/mol. The van der Waals surface area contributed by atoms with Crippen molar-refractivity contribution in [1.29, 1.82) is 0 Å².